The highest BCUT2D eigenvalue weighted by Crippen LogP contribution is 2.39. The maximum atomic E-state index is 9.90. The average molecular weight is 332 g/mol. The third-order valence-electron chi connectivity index (χ3n) is 4.96. The van der Waals surface area contributed by atoms with Crippen LogP contribution in [0.4, 0.5) is 0 Å². The highest BCUT2D eigenvalue weighted by molar-refractivity contribution is 5.95. The lowest BCUT2D eigenvalue weighted by Gasteiger charge is -2.21. The van der Waals surface area contributed by atoms with Crippen molar-refractivity contribution in [1.29, 1.82) is 5.26 Å². The molecule has 128 valence electrons. The molecule has 1 heterocycles. The molecule has 0 aliphatic carbocycles. The fourth-order valence-electron chi connectivity index (χ4n) is 3.56. The number of hydrogen-bond acceptors (Lipinski definition) is 2. The summed E-state index contributed by atoms with van der Waals surface area (Å²) < 4.78 is 7.77. The molecule has 0 aliphatic rings. The lowest BCUT2D eigenvalue weighted by atomic mass is 10.0. The Balaban J connectivity index is 2.42. The second-order valence-corrected chi connectivity index (χ2v) is 6.42. The van der Waals surface area contributed by atoms with E-state index in [2.05, 4.69) is 55.7 Å². The van der Waals surface area contributed by atoms with Crippen molar-refractivity contribution in [2.45, 2.75) is 39.7 Å². The van der Waals surface area contributed by atoms with Crippen LogP contribution in [0.5, 0.6) is 5.75 Å². The van der Waals surface area contributed by atoms with E-state index in [0.29, 0.717) is 6.04 Å². The van der Waals surface area contributed by atoms with E-state index in [-0.39, 0.29) is 0 Å². The molecule has 0 radical (unpaired) electrons. The molecule has 0 spiro atoms. The predicted octanol–water partition coefficient (Wildman–Crippen LogP) is 5.86. The van der Waals surface area contributed by atoms with Crippen molar-refractivity contribution >= 4 is 10.9 Å². The van der Waals surface area contributed by atoms with Crippen LogP contribution < -0.4 is 4.74 Å². The summed E-state index contributed by atoms with van der Waals surface area (Å²) in [5.74, 6) is 0.817. The third-order valence-corrected chi connectivity index (χ3v) is 4.96. The number of hydrogen-bond donors (Lipinski definition) is 0. The predicted molar refractivity (Wildman–Crippen MR) is 103 cm³/mol. The van der Waals surface area contributed by atoms with Gasteiger partial charge < -0.3 is 9.30 Å². The summed E-state index contributed by atoms with van der Waals surface area (Å²) in [7, 11) is 1.68. The van der Waals surface area contributed by atoms with Gasteiger partial charge in [0.15, 0.2) is 0 Å². The summed E-state index contributed by atoms with van der Waals surface area (Å²) in [5, 5.41) is 10.9. The smallest absolute Gasteiger partial charge is 0.120 e. The Labute approximate surface area is 149 Å². The molecule has 3 aromatic rings. The molecule has 0 amide bonds. The molecular formula is C22H24N2O. The van der Waals surface area contributed by atoms with Crippen molar-refractivity contribution in [2.24, 2.45) is 0 Å². The highest BCUT2D eigenvalue weighted by atomic mass is 16.5. The van der Waals surface area contributed by atoms with Crippen molar-refractivity contribution in [1.82, 2.24) is 4.57 Å². The number of ether oxygens (including phenoxy) is 1. The Hall–Kier alpha value is -2.73. The Morgan fingerprint density at radius 2 is 1.76 bits per heavy atom. The van der Waals surface area contributed by atoms with Gasteiger partial charge in [-0.15, -0.1) is 0 Å². The summed E-state index contributed by atoms with van der Waals surface area (Å²) in [6, 6.07) is 17.2. The number of aryl methyl sites for hydroxylation is 1. The SMILES string of the molecule is CCC(CC)n1c(-c2ccc(C)cc2)c(C#N)c2ccc(OC)cc21. The number of nitrogens with zero attached hydrogens (tertiary/aromatic N) is 2. The van der Waals surface area contributed by atoms with Gasteiger partial charge in [-0.05, 0) is 37.5 Å². The van der Waals surface area contributed by atoms with Gasteiger partial charge in [0.25, 0.3) is 0 Å². The van der Waals surface area contributed by atoms with E-state index in [0.717, 1.165) is 46.3 Å². The minimum atomic E-state index is 0.341. The second kappa shape index (κ2) is 7.03. The van der Waals surface area contributed by atoms with Crippen LogP contribution in [0.1, 0.15) is 43.9 Å². The Morgan fingerprint density at radius 1 is 1.08 bits per heavy atom. The number of fused-ring (bicyclic) bond motifs is 1. The first-order valence-corrected chi connectivity index (χ1v) is 8.83. The van der Waals surface area contributed by atoms with Crippen molar-refractivity contribution in [3.63, 3.8) is 0 Å². The number of aromatic nitrogens is 1. The van der Waals surface area contributed by atoms with Gasteiger partial charge in [-0.2, -0.15) is 5.26 Å². The van der Waals surface area contributed by atoms with Crippen LogP contribution in [0.15, 0.2) is 42.5 Å². The molecule has 0 saturated heterocycles. The van der Waals surface area contributed by atoms with Crippen molar-refractivity contribution in [2.75, 3.05) is 7.11 Å². The van der Waals surface area contributed by atoms with Gasteiger partial charge in [0.05, 0.1) is 23.9 Å². The van der Waals surface area contributed by atoms with Crippen molar-refractivity contribution < 1.29 is 4.74 Å². The van der Waals surface area contributed by atoms with E-state index < -0.39 is 0 Å². The van der Waals surface area contributed by atoms with E-state index in [9.17, 15) is 5.26 Å². The number of benzene rings is 2. The molecule has 0 saturated carbocycles. The van der Waals surface area contributed by atoms with Crippen LogP contribution >= 0.6 is 0 Å². The largest absolute Gasteiger partial charge is 0.497 e. The number of nitriles is 1. The molecule has 1 aromatic heterocycles. The van der Waals surface area contributed by atoms with Gasteiger partial charge in [0, 0.05) is 17.5 Å². The fourth-order valence-corrected chi connectivity index (χ4v) is 3.56. The quantitative estimate of drug-likeness (QED) is 0.587. The second-order valence-electron chi connectivity index (χ2n) is 6.42. The molecule has 25 heavy (non-hydrogen) atoms. The van der Waals surface area contributed by atoms with Crippen LogP contribution in [-0.4, -0.2) is 11.7 Å². The van der Waals surface area contributed by atoms with Crippen molar-refractivity contribution in [3.05, 3.63) is 53.6 Å². The molecule has 0 aliphatic heterocycles. The summed E-state index contributed by atoms with van der Waals surface area (Å²) in [6.07, 6.45) is 2.03. The maximum Gasteiger partial charge on any atom is 0.120 e. The van der Waals surface area contributed by atoms with E-state index in [1.807, 2.05) is 18.2 Å². The fraction of sp³-hybridized carbons (Fsp3) is 0.318. The molecule has 3 nitrogen and oxygen atoms in total. The highest BCUT2D eigenvalue weighted by Gasteiger charge is 2.22. The zero-order chi connectivity index (χ0) is 18.0. The first kappa shape index (κ1) is 17.1. The van der Waals surface area contributed by atoms with Crippen LogP contribution in [0, 0.1) is 18.3 Å². The molecular weight excluding hydrogens is 308 g/mol. The van der Waals surface area contributed by atoms with Gasteiger partial charge in [-0.1, -0.05) is 43.7 Å². The standard InChI is InChI=1S/C22H24N2O/c1-5-17(6-2)24-21-13-18(25-4)11-12-19(21)20(14-23)22(24)16-9-7-15(3)8-10-16/h7-13,17H,5-6H2,1-4H3. The zero-order valence-corrected chi connectivity index (χ0v) is 15.3. The summed E-state index contributed by atoms with van der Waals surface area (Å²) >= 11 is 0. The van der Waals surface area contributed by atoms with Crippen LogP contribution in [0.25, 0.3) is 22.2 Å². The van der Waals surface area contributed by atoms with E-state index in [4.69, 9.17) is 4.74 Å². The van der Waals surface area contributed by atoms with Gasteiger partial charge in [-0.3, -0.25) is 0 Å². The van der Waals surface area contributed by atoms with Crippen molar-refractivity contribution in [3.8, 4) is 23.1 Å². The van der Waals surface area contributed by atoms with Gasteiger partial charge in [-0.25, -0.2) is 0 Å². The van der Waals surface area contributed by atoms with E-state index in [1.54, 1.807) is 7.11 Å². The van der Waals surface area contributed by atoms with Crippen LogP contribution in [0.3, 0.4) is 0 Å². The molecule has 0 atom stereocenters. The van der Waals surface area contributed by atoms with E-state index in [1.165, 1.54) is 5.56 Å². The Kier molecular flexibility index (Phi) is 4.81. The first-order chi connectivity index (χ1) is 12.1. The summed E-state index contributed by atoms with van der Waals surface area (Å²) in [5.41, 5.74) is 5.13. The molecule has 0 bridgehead atoms. The molecule has 3 rings (SSSR count). The summed E-state index contributed by atoms with van der Waals surface area (Å²) in [6.45, 7) is 6.48. The normalized spacial score (nSPS) is 11.0. The average Bonchev–Trinajstić information content (AvgIpc) is 2.97. The third kappa shape index (κ3) is 2.89. The molecule has 0 fully saturated rings. The van der Waals surface area contributed by atoms with E-state index >= 15 is 0 Å². The zero-order valence-electron chi connectivity index (χ0n) is 15.3. The molecule has 3 heteroatoms. The minimum absolute atomic E-state index is 0.341. The Bertz CT molecular complexity index is 925. The van der Waals surface area contributed by atoms with Crippen LogP contribution in [-0.2, 0) is 0 Å². The number of methoxy groups -OCH3 is 1. The molecule has 0 unspecified atom stereocenters. The summed E-state index contributed by atoms with van der Waals surface area (Å²) in [4.78, 5) is 0. The van der Waals surface area contributed by atoms with Gasteiger partial charge in [0.2, 0.25) is 0 Å². The monoisotopic (exact) mass is 332 g/mol. The van der Waals surface area contributed by atoms with Gasteiger partial charge >= 0.3 is 0 Å². The lowest BCUT2D eigenvalue weighted by molar-refractivity contribution is 0.414. The van der Waals surface area contributed by atoms with Crippen LogP contribution in [0.2, 0.25) is 0 Å². The van der Waals surface area contributed by atoms with Gasteiger partial charge in [0.1, 0.15) is 11.8 Å². The Morgan fingerprint density at radius 3 is 2.32 bits per heavy atom. The lowest BCUT2D eigenvalue weighted by Crippen LogP contribution is -2.08. The minimum Gasteiger partial charge on any atom is -0.497 e. The first-order valence-electron chi connectivity index (χ1n) is 8.83. The maximum absolute atomic E-state index is 9.90. The molecule has 0 N–H and O–H groups in total. The molecule has 2 aromatic carbocycles. The topological polar surface area (TPSA) is 38.0 Å². The number of rotatable bonds is 5.